The highest BCUT2D eigenvalue weighted by atomic mass is 32.2. The maximum Gasteiger partial charge on any atom is 0.305 e. The molecule has 0 aliphatic rings. The molecule has 192 valence electrons. The average Bonchev–Trinajstić information content (AvgIpc) is 2.87. The summed E-state index contributed by atoms with van der Waals surface area (Å²) >= 11 is 0. The zero-order valence-corrected chi connectivity index (χ0v) is 22.8. The van der Waals surface area contributed by atoms with E-state index in [1.807, 2.05) is 43.3 Å². The molecule has 0 saturated carbocycles. The molecule has 1 atom stereocenters. The largest absolute Gasteiger partial charge is 0.469 e. The molecule has 5 nitrogen and oxygen atoms in total. The molecule has 0 spiro atoms. The van der Waals surface area contributed by atoms with Gasteiger partial charge in [0.15, 0.2) is 9.84 Å². The first kappa shape index (κ1) is 26.6. The fraction of sp³-hybridized carbons (Fsp3) is 0.290. The molecule has 0 aliphatic heterocycles. The molecular weight excluding hydrogens is 482 g/mol. The Hall–Kier alpha value is -3.51. The van der Waals surface area contributed by atoms with Gasteiger partial charge < -0.3 is 4.74 Å². The number of carbonyl (C=O) groups is 1. The van der Waals surface area contributed by atoms with Gasteiger partial charge in [-0.1, -0.05) is 55.5 Å². The van der Waals surface area contributed by atoms with Crippen LogP contribution in [-0.4, -0.2) is 32.7 Å². The van der Waals surface area contributed by atoms with Crippen molar-refractivity contribution in [1.29, 1.82) is 0 Å². The molecule has 0 radical (unpaired) electrons. The van der Waals surface area contributed by atoms with Crippen LogP contribution in [0.5, 0.6) is 0 Å². The van der Waals surface area contributed by atoms with E-state index in [2.05, 4.69) is 41.4 Å². The zero-order valence-electron chi connectivity index (χ0n) is 22.0. The van der Waals surface area contributed by atoms with Crippen LogP contribution < -0.4 is 0 Å². The molecule has 0 amide bonds. The summed E-state index contributed by atoms with van der Waals surface area (Å²) < 4.78 is 28.9. The van der Waals surface area contributed by atoms with Crippen molar-refractivity contribution in [2.45, 2.75) is 38.4 Å². The Morgan fingerprint density at radius 1 is 0.946 bits per heavy atom. The number of benzene rings is 3. The van der Waals surface area contributed by atoms with Gasteiger partial charge in [-0.25, -0.2) is 8.42 Å². The summed E-state index contributed by atoms with van der Waals surface area (Å²) in [6.45, 7) is 5.53. The maximum absolute atomic E-state index is 12.6. The minimum atomic E-state index is -3.34. The summed E-state index contributed by atoms with van der Waals surface area (Å²) in [5.74, 6) is 0.0119. The highest BCUT2D eigenvalue weighted by molar-refractivity contribution is 7.91. The molecule has 4 aromatic rings. The van der Waals surface area contributed by atoms with Crippen LogP contribution in [0.4, 0.5) is 0 Å². The normalized spacial score (nSPS) is 12.9. The predicted octanol–water partition coefficient (Wildman–Crippen LogP) is 6.59. The van der Waals surface area contributed by atoms with Crippen LogP contribution in [0.2, 0.25) is 0 Å². The van der Waals surface area contributed by atoms with Crippen molar-refractivity contribution in [1.82, 2.24) is 4.98 Å². The van der Waals surface area contributed by atoms with Crippen molar-refractivity contribution in [2.24, 2.45) is 5.92 Å². The van der Waals surface area contributed by atoms with Crippen LogP contribution in [0.15, 0.2) is 79.0 Å². The number of hydrogen-bond donors (Lipinski definition) is 0. The third kappa shape index (κ3) is 5.75. The van der Waals surface area contributed by atoms with Gasteiger partial charge in [-0.15, -0.1) is 0 Å². The number of nitrogens with zero attached hydrogens (tertiary/aromatic N) is 1. The number of esters is 1. The monoisotopic (exact) mass is 515 g/mol. The van der Waals surface area contributed by atoms with Gasteiger partial charge in [0.05, 0.1) is 17.4 Å². The molecule has 1 unspecified atom stereocenters. The molecule has 0 N–H and O–H groups in total. The van der Waals surface area contributed by atoms with Gasteiger partial charge in [-0.2, -0.15) is 0 Å². The summed E-state index contributed by atoms with van der Waals surface area (Å²) in [5.41, 5.74) is 6.76. The van der Waals surface area contributed by atoms with Crippen molar-refractivity contribution in [3.8, 4) is 22.3 Å². The molecule has 1 aromatic heterocycles. The van der Waals surface area contributed by atoms with Gasteiger partial charge in [-0.05, 0) is 78.3 Å². The van der Waals surface area contributed by atoms with Crippen LogP contribution in [0.3, 0.4) is 0 Å². The van der Waals surface area contributed by atoms with Crippen LogP contribution in [-0.2, 0) is 30.5 Å². The summed E-state index contributed by atoms with van der Waals surface area (Å²) in [7, 11) is -1.93. The molecule has 0 aliphatic carbocycles. The van der Waals surface area contributed by atoms with Crippen LogP contribution in [0.25, 0.3) is 33.2 Å². The second-order valence-corrected chi connectivity index (χ2v) is 12.8. The first-order chi connectivity index (χ1) is 17.5. The molecule has 3 aromatic carbocycles. The highest BCUT2D eigenvalue weighted by Gasteiger charge is 2.33. The highest BCUT2D eigenvalue weighted by Crippen LogP contribution is 2.37. The predicted molar refractivity (Wildman–Crippen MR) is 150 cm³/mol. The standard InChI is InChI=1S/C31H33NO4S/c1-21(17-29(33)36-4)16-22-11-13-23(14-12-22)24-8-6-9-25(18-24)28-20-27(31(2,3)37(5,34)35)19-26-10-7-15-32-30(26)28/h6-15,18-21H,16-17H2,1-5H3. The fourth-order valence-corrected chi connectivity index (χ4v) is 5.06. The van der Waals surface area contributed by atoms with E-state index in [1.54, 1.807) is 20.0 Å². The van der Waals surface area contributed by atoms with Gasteiger partial charge in [0, 0.05) is 29.8 Å². The van der Waals surface area contributed by atoms with Gasteiger partial charge in [0.2, 0.25) is 0 Å². The van der Waals surface area contributed by atoms with Crippen molar-refractivity contribution in [2.75, 3.05) is 13.4 Å². The van der Waals surface area contributed by atoms with E-state index in [-0.39, 0.29) is 11.9 Å². The Morgan fingerprint density at radius 3 is 2.32 bits per heavy atom. The number of pyridine rings is 1. The smallest absolute Gasteiger partial charge is 0.305 e. The lowest BCUT2D eigenvalue weighted by molar-refractivity contribution is -0.141. The maximum atomic E-state index is 12.6. The quantitative estimate of drug-likeness (QED) is 0.248. The molecule has 0 fully saturated rings. The van der Waals surface area contributed by atoms with Crippen molar-refractivity contribution < 1.29 is 17.9 Å². The second-order valence-electron chi connectivity index (χ2n) is 10.2. The number of ether oxygens (including phenoxy) is 1. The van der Waals surface area contributed by atoms with Crippen molar-refractivity contribution in [3.05, 3.63) is 90.1 Å². The lowest BCUT2D eigenvalue weighted by Gasteiger charge is -2.24. The molecule has 0 saturated heterocycles. The number of hydrogen-bond acceptors (Lipinski definition) is 5. The van der Waals surface area contributed by atoms with E-state index in [4.69, 9.17) is 4.74 Å². The van der Waals surface area contributed by atoms with Gasteiger partial charge in [0.1, 0.15) is 0 Å². The van der Waals surface area contributed by atoms with E-state index in [1.165, 1.54) is 18.9 Å². The number of fused-ring (bicyclic) bond motifs is 1. The van der Waals surface area contributed by atoms with Crippen molar-refractivity contribution >= 4 is 26.7 Å². The molecule has 37 heavy (non-hydrogen) atoms. The number of sulfone groups is 1. The summed E-state index contributed by atoms with van der Waals surface area (Å²) in [6, 6.07) is 24.4. The summed E-state index contributed by atoms with van der Waals surface area (Å²) in [4.78, 5) is 16.2. The van der Waals surface area contributed by atoms with Crippen LogP contribution in [0.1, 0.15) is 38.3 Å². The number of carbonyl (C=O) groups excluding carboxylic acids is 1. The molecule has 4 rings (SSSR count). The molecule has 0 bridgehead atoms. The lowest BCUT2D eigenvalue weighted by atomic mass is 9.92. The third-order valence-electron chi connectivity index (χ3n) is 7.11. The first-order valence-electron chi connectivity index (χ1n) is 12.3. The van der Waals surface area contributed by atoms with E-state index in [0.717, 1.165) is 45.1 Å². The van der Waals surface area contributed by atoms with Gasteiger partial charge in [0.25, 0.3) is 0 Å². The Morgan fingerprint density at radius 2 is 1.65 bits per heavy atom. The van der Waals surface area contributed by atoms with Gasteiger partial charge >= 0.3 is 5.97 Å². The Balaban J connectivity index is 1.71. The lowest BCUT2D eigenvalue weighted by Crippen LogP contribution is -2.28. The van der Waals surface area contributed by atoms with Crippen LogP contribution in [0, 0.1) is 5.92 Å². The Labute approximate surface area is 219 Å². The third-order valence-corrected chi connectivity index (χ3v) is 9.20. The van der Waals surface area contributed by atoms with Gasteiger partial charge in [-0.3, -0.25) is 9.78 Å². The van der Waals surface area contributed by atoms with E-state index in [0.29, 0.717) is 6.42 Å². The van der Waals surface area contributed by atoms with E-state index >= 15 is 0 Å². The van der Waals surface area contributed by atoms with E-state index < -0.39 is 14.6 Å². The second kappa shape index (κ2) is 10.5. The SMILES string of the molecule is COC(=O)CC(C)Cc1ccc(-c2cccc(-c3cc(C(C)(C)S(C)(=O)=O)cc4cccnc34)c2)cc1. The zero-order chi connectivity index (χ0) is 26.8. The summed E-state index contributed by atoms with van der Waals surface area (Å²) in [5, 5.41) is 0.905. The van der Waals surface area contributed by atoms with Crippen molar-refractivity contribution in [3.63, 3.8) is 0 Å². The number of aromatic nitrogens is 1. The Bertz CT molecular complexity index is 1540. The number of rotatable bonds is 8. The first-order valence-corrected chi connectivity index (χ1v) is 14.2. The summed E-state index contributed by atoms with van der Waals surface area (Å²) in [6.07, 6.45) is 4.24. The number of methoxy groups -OCH3 is 1. The van der Waals surface area contributed by atoms with Crippen LogP contribution >= 0.6 is 0 Å². The minimum absolute atomic E-state index is 0.188. The fourth-order valence-electron chi connectivity index (χ4n) is 4.52. The molecule has 6 heteroatoms. The molecule has 1 heterocycles. The molecular formula is C31H33NO4S. The van der Waals surface area contributed by atoms with E-state index in [9.17, 15) is 13.2 Å². The minimum Gasteiger partial charge on any atom is -0.469 e. The topological polar surface area (TPSA) is 73.3 Å². The Kier molecular flexibility index (Phi) is 7.51. The average molecular weight is 516 g/mol.